The molecule has 0 aliphatic rings. The molecule has 0 heterocycles. The molecule has 0 aliphatic heterocycles. The topological polar surface area (TPSA) is 144 Å². The van der Waals surface area contributed by atoms with E-state index in [1.807, 2.05) is 6.08 Å². The van der Waals surface area contributed by atoms with Gasteiger partial charge in [0.25, 0.3) is 0 Å². The van der Waals surface area contributed by atoms with Crippen molar-refractivity contribution in [1.29, 1.82) is 0 Å². The van der Waals surface area contributed by atoms with Crippen molar-refractivity contribution in [2.24, 2.45) is 0 Å². The second kappa shape index (κ2) is 17.0. The van der Waals surface area contributed by atoms with E-state index in [9.17, 15) is 35.2 Å². The van der Waals surface area contributed by atoms with Gasteiger partial charge in [-0.2, -0.15) is 0 Å². The highest BCUT2D eigenvalue weighted by Gasteiger charge is 2.38. The van der Waals surface area contributed by atoms with E-state index in [0.717, 1.165) is 19.3 Å². The number of aliphatic hydroxyl groups is 2. The van der Waals surface area contributed by atoms with Crippen LogP contribution >= 0.6 is 0 Å². The average Bonchev–Trinajstić information content (AvgIpc) is 2.67. The van der Waals surface area contributed by atoms with E-state index in [-0.39, 0.29) is 25.7 Å². The summed E-state index contributed by atoms with van der Waals surface area (Å²) in [7, 11) is 0. The van der Waals surface area contributed by atoms with Crippen molar-refractivity contribution in [3.05, 3.63) is 32.4 Å². The third-order valence-electron chi connectivity index (χ3n) is 4.96. The van der Waals surface area contributed by atoms with Crippen LogP contribution in [0.3, 0.4) is 0 Å². The summed E-state index contributed by atoms with van der Waals surface area (Å²) in [6, 6.07) is -2.91. The van der Waals surface area contributed by atoms with Crippen molar-refractivity contribution < 1.29 is 24.9 Å². The van der Waals surface area contributed by atoms with Crippen LogP contribution in [0.25, 0.3) is 0 Å². The van der Waals surface area contributed by atoms with Gasteiger partial charge in [-0.05, 0) is 25.7 Å². The van der Waals surface area contributed by atoms with Gasteiger partial charge in [-0.25, -0.2) is 0 Å². The van der Waals surface area contributed by atoms with E-state index in [1.54, 1.807) is 12.4 Å². The highest BCUT2D eigenvalue weighted by atomic mass is 16.6. The highest BCUT2D eigenvalue weighted by Crippen LogP contribution is 2.18. The maximum Gasteiger partial charge on any atom is 0.241 e. The predicted molar refractivity (Wildman–Crippen MR) is 109 cm³/mol. The quantitative estimate of drug-likeness (QED) is 0.142. The van der Waals surface area contributed by atoms with Crippen LogP contribution in [-0.4, -0.2) is 50.6 Å². The van der Waals surface area contributed by atoms with Crippen molar-refractivity contribution in [2.75, 3.05) is 0 Å². The Labute approximate surface area is 172 Å². The summed E-state index contributed by atoms with van der Waals surface area (Å²) >= 11 is 0. The fraction of sp³-hybridized carbons (Fsp3) is 0.850. The predicted octanol–water partition coefficient (Wildman–Crippen LogP) is 3.37. The van der Waals surface area contributed by atoms with Crippen LogP contribution < -0.4 is 0 Å². The Morgan fingerprint density at radius 3 is 2.10 bits per heavy atom. The third-order valence-corrected chi connectivity index (χ3v) is 4.96. The number of unbranched alkanes of at least 4 members (excludes halogenated alkanes) is 7. The molecule has 0 rings (SSSR count). The van der Waals surface area contributed by atoms with Gasteiger partial charge in [-0.15, -0.1) is 0 Å². The van der Waals surface area contributed by atoms with E-state index in [4.69, 9.17) is 0 Å². The molecule has 0 fully saturated rings. The molecule has 4 atom stereocenters. The van der Waals surface area contributed by atoms with Crippen LogP contribution in [0, 0.1) is 20.2 Å². The molecular formula is C20H35N2O7. The summed E-state index contributed by atoms with van der Waals surface area (Å²) < 4.78 is 0. The number of aliphatic hydroxyl groups excluding tert-OH is 2. The van der Waals surface area contributed by atoms with Crippen molar-refractivity contribution in [3.8, 4) is 0 Å². The number of hydrogen-bond acceptors (Lipinski definition) is 7. The zero-order valence-electron chi connectivity index (χ0n) is 17.3. The molecule has 4 unspecified atom stereocenters. The van der Waals surface area contributed by atoms with Crippen LogP contribution in [0.4, 0.5) is 0 Å². The van der Waals surface area contributed by atoms with Crippen LogP contribution in [0.2, 0.25) is 0 Å². The minimum atomic E-state index is -1.58. The maximum absolute atomic E-state index is 11.3. The number of rotatable bonds is 19. The van der Waals surface area contributed by atoms with Gasteiger partial charge in [0.2, 0.25) is 12.1 Å². The first-order valence-electron chi connectivity index (χ1n) is 10.5. The van der Waals surface area contributed by atoms with E-state index in [0.29, 0.717) is 0 Å². The lowest BCUT2D eigenvalue weighted by atomic mass is 9.95. The summed E-state index contributed by atoms with van der Waals surface area (Å²) in [4.78, 5) is 31.2. The SMILES string of the molecule is CCCCCCCC/C=C\CC(O)C(CC(O)C(CCC[C]=O)[N+](=O)[O-])[N+](=O)[O-]. The van der Waals surface area contributed by atoms with Crippen molar-refractivity contribution in [3.63, 3.8) is 0 Å². The van der Waals surface area contributed by atoms with Gasteiger partial charge < -0.3 is 10.2 Å². The highest BCUT2D eigenvalue weighted by molar-refractivity contribution is 5.50. The number of nitrogens with zero attached hydrogens (tertiary/aromatic N) is 2. The summed E-state index contributed by atoms with van der Waals surface area (Å²) in [6.45, 7) is 2.16. The minimum absolute atomic E-state index is 0.00173. The van der Waals surface area contributed by atoms with Crippen LogP contribution in [-0.2, 0) is 4.79 Å². The number of allylic oxidation sites excluding steroid dienone is 1. The van der Waals surface area contributed by atoms with Crippen molar-refractivity contribution in [2.45, 2.75) is 108 Å². The molecule has 0 amide bonds. The minimum Gasteiger partial charge on any atom is -0.386 e. The fourth-order valence-electron chi connectivity index (χ4n) is 3.16. The van der Waals surface area contributed by atoms with Gasteiger partial charge >= 0.3 is 0 Å². The molecule has 2 N–H and O–H groups in total. The fourth-order valence-corrected chi connectivity index (χ4v) is 3.16. The second-order valence-corrected chi connectivity index (χ2v) is 7.38. The Morgan fingerprint density at radius 1 is 0.897 bits per heavy atom. The maximum atomic E-state index is 11.3. The summed E-state index contributed by atoms with van der Waals surface area (Å²) in [5.74, 6) is 0. The molecule has 1 radical (unpaired) electrons. The van der Waals surface area contributed by atoms with E-state index in [1.165, 1.54) is 25.7 Å². The molecular weight excluding hydrogens is 380 g/mol. The zero-order valence-corrected chi connectivity index (χ0v) is 17.3. The molecule has 0 spiro atoms. The molecule has 0 aromatic rings. The standard InChI is InChI=1S/C20H35N2O7/c1-2-3-4-5-6-7-8-9-10-14-19(24)18(22(28)29)16-20(25)17(21(26)27)13-11-12-15-23/h9-10,17-20,24-25H,2-8,11-14,16H2,1H3/b10-9-. The molecule has 0 saturated carbocycles. The summed E-state index contributed by atoms with van der Waals surface area (Å²) in [5, 5.41) is 42.6. The molecule has 0 aromatic heterocycles. The van der Waals surface area contributed by atoms with Gasteiger partial charge in [-0.1, -0.05) is 51.2 Å². The largest absolute Gasteiger partial charge is 0.386 e. The normalized spacial score (nSPS) is 15.7. The number of hydrogen-bond donors (Lipinski definition) is 2. The molecule has 167 valence electrons. The number of carbonyl (C=O) groups excluding carboxylic acids is 1. The molecule has 0 aliphatic carbocycles. The summed E-state index contributed by atoms with van der Waals surface area (Å²) in [6.07, 6.45) is 9.73. The first-order valence-corrected chi connectivity index (χ1v) is 10.5. The molecule has 0 bridgehead atoms. The van der Waals surface area contributed by atoms with Gasteiger partial charge in [0.15, 0.2) is 6.29 Å². The first-order chi connectivity index (χ1) is 13.8. The number of nitro groups is 2. The second-order valence-electron chi connectivity index (χ2n) is 7.38. The summed E-state index contributed by atoms with van der Waals surface area (Å²) in [5.41, 5.74) is 0. The van der Waals surface area contributed by atoms with Crippen LogP contribution in [0.15, 0.2) is 12.2 Å². The van der Waals surface area contributed by atoms with Crippen LogP contribution in [0.1, 0.15) is 84.0 Å². The van der Waals surface area contributed by atoms with Gasteiger partial charge in [0.1, 0.15) is 12.2 Å². The van der Waals surface area contributed by atoms with Crippen molar-refractivity contribution >= 4 is 6.29 Å². The Hall–Kier alpha value is -1.87. The van der Waals surface area contributed by atoms with Crippen molar-refractivity contribution in [1.82, 2.24) is 0 Å². The molecule has 0 saturated heterocycles. The van der Waals surface area contributed by atoms with Gasteiger partial charge in [-0.3, -0.25) is 25.0 Å². The van der Waals surface area contributed by atoms with E-state index >= 15 is 0 Å². The first kappa shape index (κ1) is 27.1. The van der Waals surface area contributed by atoms with E-state index < -0.39 is 40.6 Å². The van der Waals surface area contributed by atoms with Gasteiger partial charge in [0, 0.05) is 22.7 Å². The average molecular weight is 416 g/mol. The monoisotopic (exact) mass is 415 g/mol. The van der Waals surface area contributed by atoms with E-state index in [2.05, 4.69) is 6.92 Å². The lowest BCUT2D eigenvalue weighted by molar-refractivity contribution is -0.554. The zero-order chi connectivity index (χ0) is 22.1. The Kier molecular flexibility index (Phi) is 15.9. The lowest BCUT2D eigenvalue weighted by Crippen LogP contribution is -2.42. The Bertz CT molecular complexity index is 499. The molecule has 29 heavy (non-hydrogen) atoms. The lowest BCUT2D eigenvalue weighted by Gasteiger charge is -2.20. The molecule has 9 nitrogen and oxygen atoms in total. The van der Waals surface area contributed by atoms with Crippen LogP contribution in [0.5, 0.6) is 0 Å². The third kappa shape index (κ3) is 13.1. The molecule has 0 aromatic carbocycles. The smallest absolute Gasteiger partial charge is 0.241 e. The molecule has 9 heteroatoms. The Balaban J connectivity index is 4.48. The van der Waals surface area contributed by atoms with Gasteiger partial charge in [0.05, 0.1) is 6.42 Å². The Morgan fingerprint density at radius 2 is 1.52 bits per heavy atom.